The number of methoxy groups -OCH3 is 1. The Labute approximate surface area is 152 Å². The minimum absolute atomic E-state index is 0.173. The van der Waals surface area contributed by atoms with Crippen molar-refractivity contribution in [3.8, 4) is 17.1 Å². The van der Waals surface area contributed by atoms with Gasteiger partial charge in [0.25, 0.3) is 0 Å². The van der Waals surface area contributed by atoms with E-state index in [1.807, 2.05) is 55.5 Å². The van der Waals surface area contributed by atoms with Crippen molar-refractivity contribution < 1.29 is 9.53 Å². The molecule has 0 fully saturated rings. The molecule has 1 N–H and O–H groups in total. The number of nitrogens with one attached hydrogen (secondary N) is 1. The molecule has 3 rings (SSSR count). The lowest BCUT2D eigenvalue weighted by Crippen LogP contribution is -2.31. The summed E-state index contributed by atoms with van der Waals surface area (Å²) in [6.45, 7) is 4.18. The number of hydrogen-bond acceptors (Lipinski definition) is 5. The van der Waals surface area contributed by atoms with Gasteiger partial charge in [0.2, 0.25) is 11.7 Å². The molecule has 2 aromatic carbocycles. The van der Waals surface area contributed by atoms with Crippen LogP contribution in [0.25, 0.3) is 11.4 Å². The van der Waals surface area contributed by atoms with Crippen LogP contribution in [0.3, 0.4) is 0 Å². The van der Waals surface area contributed by atoms with Gasteiger partial charge in [-0.2, -0.15) is 4.80 Å². The highest BCUT2D eigenvalue weighted by Gasteiger charge is 2.18. The molecule has 1 unspecified atom stereocenters. The lowest BCUT2D eigenvalue weighted by atomic mass is 10.1. The third kappa shape index (κ3) is 4.05. The van der Waals surface area contributed by atoms with E-state index in [4.69, 9.17) is 4.74 Å². The van der Waals surface area contributed by atoms with E-state index in [2.05, 4.69) is 20.7 Å². The van der Waals surface area contributed by atoms with E-state index >= 15 is 0 Å². The summed E-state index contributed by atoms with van der Waals surface area (Å²) in [5, 5.41) is 15.3. The Balaban J connectivity index is 1.62. The van der Waals surface area contributed by atoms with Gasteiger partial charge in [0.15, 0.2) is 0 Å². The molecule has 1 atom stereocenters. The van der Waals surface area contributed by atoms with Crippen molar-refractivity contribution in [2.24, 2.45) is 0 Å². The summed E-state index contributed by atoms with van der Waals surface area (Å²) in [7, 11) is 1.62. The SMILES string of the molecule is COc1ccc(CNC(=O)C(C)n2nnc(-c3ccc(C)cc3)n2)cc1. The monoisotopic (exact) mass is 351 g/mol. The summed E-state index contributed by atoms with van der Waals surface area (Å²) in [4.78, 5) is 13.7. The largest absolute Gasteiger partial charge is 0.497 e. The van der Waals surface area contributed by atoms with Crippen LogP contribution in [0.5, 0.6) is 5.75 Å². The van der Waals surface area contributed by atoms with Crippen LogP contribution >= 0.6 is 0 Å². The van der Waals surface area contributed by atoms with Crippen molar-refractivity contribution >= 4 is 5.91 Å². The molecule has 0 aliphatic heterocycles. The van der Waals surface area contributed by atoms with Gasteiger partial charge in [-0.1, -0.05) is 42.0 Å². The van der Waals surface area contributed by atoms with Crippen LogP contribution in [-0.2, 0) is 11.3 Å². The lowest BCUT2D eigenvalue weighted by molar-refractivity contribution is -0.124. The molecule has 0 aliphatic rings. The van der Waals surface area contributed by atoms with Crippen LogP contribution in [0.4, 0.5) is 0 Å². The van der Waals surface area contributed by atoms with Crippen LogP contribution in [-0.4, -0.2) is 33.2 Å². The van der Waals surface area contributed by atoms with E-state index in [0.717, 1.165) is 22.4 Å². The predicted molar refractivity (Wildman–Crippen MR) is 97.5 cm³/mol. The molecular formula is C19H21N5O2. The number of tetrazole rings is 1. The standard InChI is InChI=1S/C19H21N5O2/c1-13-4-8-16(9-5-13)18-21-23-24(22-18)14(2)19(25)20-12-15-6-10-17(26-3)11-7-15/h4-11,14H,12H2,1-3H3,(H,20,25). The highest BCUT2D eigenvalue weighted by atomic mass is 16.5. The maximum absolute atomic E-state index is 12.4. The number of amides is 1. The van der Waals surface area contributed by atoms with Crippen LogP contribution in [0, 0.1) is 6.92 Å². The second kappa shape index (κ2) is 7.77. The first kappa shape index (κ1) is 17.6. The van der Waals surface area contributed by atoms with Crippen molar-refractivity contribution in [1.29, 1.82) is 0 Å². The summed E-state index contributed by atoms with van der Waals surface area (Å²) in [5.41, 5.74) is 3.01. The molecule has 1 aromatic heterocycles. The lowest BCUT2D eigenvalue weighted by Gasteiger charge is -2.11. The zero-order valence-corrected chi connectivity index (χ0v) is 15.0. The van der Waals surface area contributed by atoms with Gasteiger partial charge in [0, 0.05) is 12.1 Å². The number of ether oxygens (including phenoxy) is 1. The fourth-order valence-corrected chi connectivity index (χ4v) is 2.39. The number of benzene rings is 2. The van der Waals surface area contributed by atoms with Crippen molar-refractivity contribution in [3.63, 3.8) is 0 Å². The fraction of sp³-hybridized carbons (Fsp3) is 0.263. The molecule has 0 saturated carbocycles. The molecule has 0 saturated heterocycles. The maximum atomic E-state index is 12.4. The Morgan fingerprint density at radius 3 is 2.50 bits per heavy atom. The molecule has 7 nitrogen and oxygen atoms in total. The summed E-state index contributed by atoms with van der Waals surface area (Å²) in [6, 6.07) is 14.8. The summed E-state index contributed by atoms with van der Waals surface area (Å²) < 4.78 is 5.12. The number of hydrogen-bond donors (Lipinski definition) is 1. The molecule has 134 valence electrons. The molecule has 7 heteroatoms. The number of aryl methyl sites for hydroxylation is 1. The van der Waals surface area contributed by atoms with Crippen molar-refractivity contribution in [1.82, 2.24) is 25.5 Å². The number of carbonyl (C=O) groups is 1. The smallest absolute Gasteiger partial charge is 0.246 e. The normalized spacial score (nSPS) is 11.8. The fourth-order valence-electron chi connectivity index (χ4n) is 2.39. The van der Waals surface area contributed by atoms with E-state index in [-0.39, 0.29) is 5.91 Å². The Bertz CT molecular complexity index is 872. The van der Waals surface area contributed by atoms with Crippen molar-refractivity contribution in [3.05, 3.63) is 59.7 Å². The zero-order chi connectivity index (χ0) is 18.5. The van der Waals surface area contributed by atoms with Gasteiger partial charge >= 0.3 is 0 Å². The van der Waals surface area contributed by atoms with Crippen molar-refractivity contribution in [2.75, 3.05) is 7.11 Å². The van der Waals surface area contributed by atoms with Crippen LogP contribution in [0.2, 0.25) is 0 Å². The molecule has 0 bridgehead atoms. The number of aromatic nitrogens is 4. The van der Waals surface area contributed by atoms with Gasteiger partial charge < -0.3 is 10.1 Å². The molecule has 3 aromatic rings. The van der Waals surface area contributed by atoms with Crippen molar-refractivity contribution in [2.45, 2.75) is 26.4 Å². The number of carbonyl (C=O) groups excluding carboxylic acids is 1. The molecule has 1 amide bonds. The maximum Gasteiger partial charge on any atom is 0.246 e. The molecule has 1 heterocycles. The highest BCUT2D eigenvalue weighted by Crippen LogP contribution is 2.15. The number of rotatable bonds is 6. The Hall–Kier alpha value is -3.22. The third-order valence-corrected chi connectivity index (χ3v) is 4.09. The Morgan fingerprint density at radius 2 is 1.85 bits per heavy atom. The summed E-state index contributed by atoms with van der Waals surface area (Å²) in [6.07, 6.45) is 0. The average molecular weight is 351 g/mol. The molecule has 0 aliphatic carbocycles. The first-order valence-electron chi connectivity index (χ1n) is 8.34. The van der Waals surface area contributed by atoms with Crippen LogP contribution < -0.4 is 10.1 Å². The topological polar surface area (TPSA) is 81.9 Å². The Kier molecular flexibility index (Phi) is 5.26. The van der Waals surface area contributed by atoms with Gasteiger partial charge in [-0.05, 0) is 36.8 Å². The van der Waals surface area contributed by atoms with Gasteiger partial charge in [-0.15, -0.1) is 10.2 Å². The summed E-state index contributed by atoms with van der Waals surface area (Å²) in [5.74, 6) is 1.11. The van der Waals surface area contributed by atoms with E-state index in [1.54, 1.807) is 14.0 Å². The molecular weight excluding hydrogens is 330 g/mol. The third-order valence-electron chi connectivity index (χ3n) is 4.09. The molecule has 0 radical (unpaired) electrons. The van der Waals surface area contributed by atoms with Gasteiger partial charge in [0.1, 0.15) is 11.8 Å². The average Bonchev–Trinajstić information content (AvgIpc) is 3.16. The van der Waals surface area contributed by atoms with E-state index < -0.39 is 6.04 Å². The minimum Gasteiger partial charge on any atom is -0.497 e. The quantitative estimate of drug-likeness (QED) is 0.738. The minimum atomic E-state index is -0.556. The Morgan fingerprint density at radius 1 is 1.15 bits per heavy atom. The first-order chi connectivity index (χ1) is 12.6. The zero-order valence-electron chi connectivity index (χ0n) is 15.0. The first-order valence-corrected chi connectivity index (χ1v) is 8.34. The van der Waals surface area contributed by atoms with Crippen LogP contribution in [0.15, 0.2) is 48.5 Å². The highest BCUT2D eigenvalue weighted by molar-refractivity contribution is 5.79. The summed E-state index contributed by atoms with van der Waals surface area (Å²) >= 11 is 0. The van der Waals surface area contributed by atoms with Crippen LogP contribution in [0.1, 0.15) is 24.1 Å². The van der Waals surface area contributed by atoms with E-state index in [9.17, 15) is 4.79 Å². The van der Waals surface area contributed by atoms with E-state index in [1.165, 1.54) is 4.80 Å². The number of nitrogens with zero attached hydrogens (tertiary/aromatic N) is 4. The van der Waals surface area contributed by atoms with E-state index in [0.29, 0.717) is 12.4 Å². The molecule has 0 spiro atoms. The van der Waals surface area contributed by atoms with Gasteiger partial charge in [-0.3, -0.25) is 4.79 Å². The second-order valence-corrected chi connectivity index (χ2v) is 6.04. The molecule has 26 heavy (non-hydrogen) atoms. The second-order valence-electron chi connectivity index (χ2n) is 6.04. The van der Waals surface area contributed by atoms with Gasteiger partial charge in [-0.25, -0.2) is 0 Å². The predicted octanol–water partition coefficient (Wildman–Crippen LogP) is 2.53. The van der Waals surface area contributed by atoms with Gasteiger partial charge in [0.05, 0.1) is 7.11 Å².